The molecule has 0 bridgehead atoms. The summed E-state index contributed by atoms with van der Waals surface area (Å²) in [5, 5.41) is -0.202. The number of nitrogens with one attached hydrogen (secondary N) is 1. The van der Waals surface area contributed by atoms with Crippen LogP contribution in [0, 0.1) is 20.8 Å². The fourth-order valence-electron chi connectivity index (χ4n) is 2.77. The van der Waals surface area contributed by atoms with Gasteiger partial charge < -0.3 is 9.72 Å². The molecule has 0 aliphatic carbocycles. The first-order valence-corrected chi connectivity index (χ1v) is 9.48. The Balaban J connectivity index is 2.13. The lowest BCUT2D eigenvalue weighted by atomic mass is 10.1. The fraction of sp³-hybridized carbons (Fsp3) is 0.400. The molecule has 2 rings (SSSR count). The predicted molar refractivity (Wildman–Crippen MR) is 102 cm³/mol. The topological polar surface area (TPSA) is 59.2 Å². The molecule has 25 heavy (non-hydrogen) atoms. The van der Waals surface area contributed by atoms with Crippen LogP contribution in [0.2, 0.25) is 0 Å². The maximum absolute atomic E-state index is 12.8. The molecule has 0 radical (unpaired) electrons. The number of ketones is 1. The Morgan fingerprint density at radius 3 is 2.52 bits per heavy atom. The Hall–Kier alpha value is -2.01. The molecule has 134 valence electrons. The van der Waals surface area contributed by atoms with E-state index in [0.717, 1.165) is 5.75 Å². The maximum Gasteiger partial charge on any atom is 0.340 e. The summed E-state index contributed by atoms with van der Waals surface area (Å²) in [6, 6.07) is 8.19. The Labute approximate surface area is 153 Å². The Bertz CT molecular complexity index is 779. The van der Waals surface area contributed by atoms with Crippen molar-refractivity contribution in [1.29, 1.82) is 0 Å². The zero-order valence-corrected chi connectivity index (χ0v) is 16.3. The maximum atomic E-state index is 12.8. The monoisotopic (exact) mass is 359 g/mol. The van der Waals surface area contributed by atoms with Gasteiger partial charge in [-0.1, -0.05) is 24.3 Å². The zero-order valence-electron chi connectivity index (χ0n) is 15.4. The highest BCUT2D eigenvalue weighted by molar-refractivity contribution is 7.99. The van der Waals surface area contributed by atoms with E-state index >= 15 is 0 Å². The lowest BCUT2D eigenvalue weighted by molar-refractivity contribution is 0.0525. The van der Waals surface area contributed by atoms with Crippen LogP contribution in [0.3, 0.4) is 0 Å². The number of aryl methyl sites for hydroxylation is 2. The minimum Gasteiger partial charge on any atom is -0.462 e. The molecule has 0 amide bonds. The first-order chi connectivity index (χ1) is 11.9. The van der Waals surface area contributed by atoms with E-state index in [0.29, 0.717) is 29.1 Å². The van der Waals surface area contributed by atoms with Crippen LogP contribution in [0.1, 0.15) is 57.1 Å². The van der Waals surface area contributed by atoms with E-state index in [-0.39, 0.29) is 17.0 Å². The first kappa shape index (κ1) is 19.3. The summed E-state index contributed by atoms with van der Waals surface area (Å²) < 4.78 is 5.09. The Kier molecular flexibility index (Phi) is 6.48. The SMILES string of the molecule is CCOC(=O)c1c(C)[nH]c(C(=O)[C@H](C)SCc2ccccc2C)c1C. The highest BCUT2D eigenvalue weighted by Gasteiger charge is 2.25. The molecule has 0 aliphatic rings. The number of Topliss-reactive ketones (excluding diaryl/α,β-unsaturated/α-hetero) is 1. The minimum atomic E-state index is -0.381. The van der Waals surface area contributed by atoms with Crippen LogP contribution < -0.4 is 0 Å². The van der Waals surface area contributed by atoms with Crippen molar-refractivity contribution in [1.82, 2.24) is 4.98 Å². The number of carbonyl (C=O) groups is 2. The van der Waals surface area contributed by atoms with Crippen molar-refractivity contribution < 1.29 is 14.3 Å². The summed E-state index contributed by atoms with van der Waals surface area (Å²) in [7, 11) is 0. The molecule has 1 N–H and O–H groups in total. The fourth-order valence-corrected chi connectivity index (χ4v) is 3.79. The summed E-state index contributed by atoms with van der Waals surface area (Å²) in [5.41, 5.74) is 4.79. The van der Waals surface area contributed by atoms with E-state index < -0.39 is 0 Å². The lowest BCUT2D eigenvalue weighted by Crippen LogP contribution is -2.16. The smallest absolute Gasteiger partial charge is 0.340 e. The van der Waals surface area contributed by atoms with Gasteiger partial charge in [0.05, 0.1) is 23.1 Å². The number of benzene rings is 1. The number of esters is 1. The second kappa shape index (κ2) is 8.39. The van der Waals surface area contributed by atoms with Gasteiger partial charge in [0.2, 0.25) is 0 Å². The van der Waals surface area contributed by atoms with Crippen LogP contribution in [0.15, 0.2) is 24.3 Å². The third-order valence-electron chi connectivity index (χ3n) is 4.28. The molecule has 0 spiro atoms. The average molecular weight is 359 g/mol. The number of aromatic nitrogens is 1. The van der Waals surface area contributed by atoms with E-state index in [4.69, 9.17) is 4.74 Å². The van der Waals surface area contributed by atoms with Gasteiger partial charge in [-0.15, -0.1) is 11.8 Å². The molecule has 2 aromatic rings. The lowest BCUT2D eigenvalue weighted by Gasteiger charge is -2.11. The number of H-pyrrole nitrogens is 1. The van der Waals surface area contributed by atoms with Crippen LogP contribution in [-0.2, 0) is 10.5 Å². The summed E-state index contributed by atoms with van der Waals surface area (Å²) >= 11 is 1.60. The summed E-state index contributed by atoms with van der Waals surface area (Å²) in [5.74, 6) is 0.408. The number of thioether (sulfide) groups is 1. The number of hydrogen-bond donors (Lipinski definition) is 1. The second-order valence-electron chi connectivity index (χ2n) is 6.09. The van der Waals surface area contributed by atoms with Gasteiger partial charge in [0.1, 0.15) is 0 Å². The van der Waals surface area contributed by atoms with Crippen LogP contribution in [0.4, 0.5) is 0 Å². The number of rotatable bonds is 7. The molecular weight excluding hydrogens is 334 g/mol. The molecule has 1 atom stereocenters. The highest BCUT2D eigenvalue weighted by Crippen LogP contribution is 2.26. The standard InChI is InChI=1S/C20H25NO3S/c1-6-24-20(23)17-13(3)18(21-14(17)4)19(22)15(5)25-11-16-10-8-7-9-12(16)2/h7-10,15,21H,6,11H2,1-5H3/t15-/m0/s1. The molecular formula is C20H25NO3S. The second-order valence-corrected chi connectivity index (χ2v) is 7.42. The zero-order chi connectivity index (χ0) is 18.6. The quantitative estimate of drug-likeness (QED) is 0.579. The van der Waals surface area contributed by atoms with Crippen LogP contribution in [0.5, 0.6) is 0 Å². The van der Waals surface area contributed by atoms with Crippen molar-refractivity contribution in [2.45, 2.75) is 45.6 Å². The van der Waals surface area contributed by atoms with Crippen molar-refractivity contribution in [3.63, 3.8) is 0 Å². The number of aromatic amines is 1. The van der Waals surface area contributed by atoms with Gasteiger partial charge in [0.15, 0.2) is 5.78 Å². The molecule has 0 saturated heterocycles. The number of ether oxygens (including phenoxy) is 1. The van der Waals surface area contributed by atoms with E-state index in [2.05, 4.69) is 24.0 Å². The first-order valence-electron chi connectivity index (χ1n) is 8.43. The van der Waals surface area contributed by atoms with Crippen LogP contribution in [-0.4, -0.2) is 28.6 Å². The molecule has 1 heterocycles. The van der Waals surface area contributed by atoms with E-state index in [9.17, 15) is 9.59 Å². The minimum absolute atomic E-state index is 0.00901. The Morgan fingerprint density at radius 1 is 1.20 bits per heavy atom. The summed E-state index contributed by atoms with van der Waals surface area (Å²) in [6.07, 6.45) is 0. The van der Waals surface area contributed by atoms with E-state index in [1.165, 1.54) is 11.1 Å². The van der Waals surface area contributed by atoms with E-state index in [1.54, 1.807) is 32.5 Å². The van der Waals surface area contributed by atoms with Gasteiger partial charge in [0.25, 0.3) is 0 Å². The Morgan fingerprint density at radius 2 is 1.88 bits per heavy atom. The molecule has 0 aliphatic heterocycles. The molecule has 0 saturated carbocycles. The van der Waals surface area contributed by atoms with Crippen molar-refractivity contribution in [2.75, 3.05) is 6.61 Å². The molecule has 0 fully saturated rings. The highest BCUT2D eigenvalue weighted by atomic mass is 32.2. The number of carbonyl (C=O) groups excluding carboxylic acids is 2. The molecule has 1 aromatic heterocycles. The largest absolute Gasteiger partial charge is 0.462 e. The molecule has 1 aromatic carbocycles. The summed E-state index contributed by atoms with van der Waals surface area (Å²) in [4.78, 5) is 28.0. The third kappa shape index (κ3) is 4.34. The normalized spacial score (nSPS) is 12.0. The van der Waals surface area contributed by atoms with E-state index in [1.807, 2.05) is 19.1 Å². The molecule has 5 heteroatoms. The van der Waals surface area contributed by atoms with Crippen molar-refractivity contribution in [3.05, 3.63) is 57.9 Å². The van der Waals surface area contributed by atoms with Gasteiger partial charge in [-0.2, -0.15) is 0 Å². The van der Waals surface area contributed by atoms with Crippen molar-refractivity contribution in [2.24, 2.45) is 0 Å². The predicted octanol–water partition coefficient (Wildman–Crippen LogP) is 4.62. The van der Waals surface area contributed by atoms with Gasteiger partial charge >= 0.3 is 5.97 Å². The van der Waals surface area contributed by atoms with Gasteiger partial charge in [-0.3, -0.25) is 4.79 Å². The molecule has 0 unspecified atom stereocenters. The van der Waals surface area contributed by atoms with Gasteiger partial charge in [-0.25, -0.2) is 4.79 Å². The van der Waals surface area contributed by atoms with Gasteiger partial charge in [-0.05, 0) is 51.3 Å². The van der Waals surface area contributed by atoms with Crippen molar-refractivity contribution in [3.8, 4) is 0 Å². The summed E-state index contributed by atoms with van der Waals surface area (Å²) in [6.45, 7) is 9.65. The third-order valence-corrected chi connectivity index (χ3v) is 5.47. The van der Waals surface area contributed by atoms with Gasteiger partial charge in [0, 0.05) is 11.4 Å². The molecule has 4 nitrogen and oxygen atoms in total. The average Bonchev–Trinajstić information content (AvgIpc) is 2.88. The van der Waals surface area contributed by atoms with Crippen LogP contribution >= 0.6 is 11.8 Å². The van der Waals surface area contributed by atoms with Crippen LogP contribution in [0.25, 0.3) is 0 Å². The van der Waals surface area contributed by atoms with Crippen molar-refractivity contribution >= 4 is 23.5 Å². The number of hydrogen-bond acceptors (Lipinski definition) is 4.